The van der Waals surface area contributed by atoms with E-state index in [4.69, 9.17) is 25.8 Å². The number of nitrogens with one attached hydrogen (secondary N) is 1. The van der Waals surface area contributed by atoms with Gasteiger partial charge in [0, 0.05) is 29.1 Å². The van der Waals surface area contributed by atoms with Crippen molar-refractivity contribution in [2.45, 2.75) is 0 Å². The minimum atomic E-state index is -0.270. The smallest absolute Gasteiger partial charge is 0.255 e. The van der Waals surface area contributed by atoms with E-state index in [1.807, 2.05) is 0 Å². The van der Waals surface area contributed by atoms with Crippen LogP contribution in [0.1, 0.15) is 10.4 Å². The largest absolute Gasteiger partial charge is 0.496 e. The Labute approximate surface area is 167 Å². The molecule has 1 aromatic heterocycles. The molecule has 0 bridgehead atoms. The Kier molecular flexibility index (Phi) is 5.04. The summed E-state index contributed by atoms with van der Waals surface area (Å²) in [7, 11) is 1.54. The number of hydrogen-bond acceptors (Lipinski definition) is 5. The number of pyridine rings is 1. The van der Waals surface area contributed by atoms with E-state index >= 15 is 0 Å². The SMILES string of the molecule is COc1cc(C(=O)Nc2ccc3c(c2)OCCO3)ccc1-c1ncccc1Cl. The van der Waals surface area contributed by atoms with Gasteiger partial charge in [-0.1, -0.05) is 11.6 Å². The summed E-state index contributed by atoms with van der Waals surface area (Å²) in [4.78, 5) is 17.0. The van der Waals surface area contributed by atoms with Crippen LogP contribution in [0.15, 0.2) is 54.7 Å². The molecule has 0 fully saturated rings. The molecule has 6 nitrogen and oxygen atoms in total. The fraction of sp³-hybridized carbons (Fsp3) is 0.143. The molecule has 0 unspecified atom stereocenters. The van der Waals surface area contributed by atoms with Crippen molar-refractivity contribution >= 4 is 23.2 Å². The van der Waals surface area contributed by atoms with Crippen LogP contribution in [0.4, 0.5) is 5.69 Å². The van der Waals surface area contributed by atoms with Gasteiger partial charge in [0.15, 0.2) is 11.5 Å². The molecule has 2 heterocycles. The summed E-state index contributed by atoms with van der Waals surface area (Å²) in [5, 5.41) is 3.37. The van der Waals surface area contributed by atoms with Crippen molar-refractivity contribution in [2.75, 3.05) is 25.6 Å². The lowest BCUT2D eigenvalue weighted by Gasteiger charge is -2.19. The number of benzene rings is 2. The highest BCUT2D eigenvalue weighted by Gasteiger charge is 2.16. The van der Waals surface area contributed by atoms with Crippen molar-refractivity contribution < 1.29 is 19.0 Å². The van der Waals surface area contributed by atoms with Crippen molar-refractivity contribution in [1.82, 2.24) is 4.98 Å². The molecule has 0 radical (unpaired) electrons. The summed E-state index contributed by atoms with van der Waals surface area (Å²) in [6.07, 6.45) is 1.66. The summed E-state index contributed by atoms with van der Waals surface area (Å²) >= 11 is 6.24. The molecule has 4 rings (SSSR count). The predicted octanol–water partition coefficient (Wildman–Crippen LogP) is 4.43. The minimum Gasteiger partial charge on any atom is -0.496 e. The number of fused-ring (bicyclic) bond motifs is 1. The quantitative estimate of drug-likeness (QED) is 0.706. The molecule has 0 saturated heterocycles. The number of aromatic nitrogens is 1. The Morgan fingerprint density at radius 2 is 1.93 bits per heavy atom. The third-order valence-corrected chi connectivity index (χ3v) is 4.58. The van der Waals surface area contributed by atoms with E-state index in [1.165, 1.54) is 7.11 Å². The summed E-state index contributed by atoms with van der Waals surface area (Å²) in [6.45, 7) is 1.00. The van der Waals surface area contributed by atoms with Gasteiger partial charge in [0.1, 0.15) is 19.0 Å². The number of halogens is 1. The van der Waals surface area contributed by atoms with Gasteiger partial charge >= 0.3 is 0 Å². The maximum atomic E-state index is 12.7. The molecule has 1 aliphatic rings. The van der Waals surface area contributed by atoms with Gasteiger partial charge in [-0.15, -0.1) is 0 Å². The standard InChI is InChI=1S/C21H17ClN2O4/c1-26-18-11-13(4-6-15(18)20-16(22)3-2-8-23-20)21(25)24-14-5-7-17-19(12-14)28-10-9-27-17/h2-8,11-12H,9-10H2,1H3,(H,24,25). The molecule has 0 saturated carbocycles. The van der Waals surface area contributed by atoms with Gasteiger partial charge in [0.05, 0.1) is 17.8 Å². The minimum absolute atomic E-state index is 0.270. The zero-order valence-corrected chi connectivity index (χ0v) is 15.8. The molecule has 1 N–H and O–H groups in total. The van der Waals surface area contributed by atoms with Crippen LogP contribution in [0, 0.1) is 0 Å². The number of carbonyl (C=O) groups excluding carboxylic acids is 1. The topological polar surface area (TPSA) is 69.7 Å². The molecule has 142 valence electrons. The van der Waals surface area contributed by atoms with Crippen LogP contribution in [0.2, 0.25) is 5.02 Å². The van der Waals surface area contributed by atoms with Crippen LogP contribution >= 0.6 is 11.6 Å². The Bertz CT molecular complexity index is 1040. The Balaban J connectivity index is 1.59. The summed E-state index contributed by atoms with van der Waals surface area (Å²) < 4.78 is 16.5. The second-order valence-electron chi connectivity index (χ2n) is 6.06. The van der Waals surface area contributed by atoms with Crippen LogP contribution in [-0.2, 0) is 0 Å². The fourth-order valence-corrected chi connectivity index (χ4v) is 3.16. The lowest BCUT2D eigenvalue weighted by molar-refractivity contribution is 0.102. The zero-order chi connectivity index (χ0) is 19.5. The number of ether oxygens (including phenoxy) is 3. The first-order valence-corrected chi connectivity index (χ1v) is 9.03. The van der Waals surface area contributed by atoms with Crippen LogP contribution in [-0.4, -0.2) is 31.2 Å². The van der Waals surface area contributed by atoms with Gasteiger partial charge in [0.2, 0.25) is 0 Å². The maximum Gasteiger partial charge on any atom is 0.255 e. The molecule has 7 heteroatoms. The first-order valence-electron chi connectivity index (χ1n) is 8.65. The molecule has 2 aromatic carbocycles. The Morgan fingerprint density at radius 1 is 1.11 bits per heavy atom. The molecule has 0 spiro atoms. The van der Waals surface area contributed by atoms with E-state index in [-0.39, 0.29) is 5.91 Å². The number of anilines is 1. The van der Waals surface area contributed by atoms with E-state index in [0.717, 1.165) is 0 Å². The van der Waals surface area contributed by atoms with Crippen LogP contribution < -0.4 is 19.5 Å². The third-order valence-electron chi connectivity index (χ3n) is 4.28. The van der Waals surface area contributed by atoms with Gasteiger partial charge in [-0.3, -0.25) is 9.78 Å². The fourth-order valence-electron chi connectivity index (χ4n) is 2.94. The summed E-state index contributed by atoms with van der Waals surface area (Å²) in [5.74, 6) is 1.52. The molecule has 0 atom stereocenters. The van der Waals surface area contributed by atoms with E-state index in [2.05, 4.69) is 10.3 Å². The molecule has 0 aliphatic carbocycles. The predicted molar refractivity (Wildman–Crippen MR) is 107 cm³/mol. The molecule has 28 heavy (non-hydrogen) atoms. The number of rotatable bonds is 4. The van der Waals surface area contributed by atoms with E-state index in [1.54, 1.807) is 54.7 Å². The van der Waals surface area contributed by atoms with E-state index < -0.39 is 0 Å². The highest BCUT2D eigenvalue weighted by atomic mass is 35.5. The number of amides is 1. The second-order valence-corrected chi connectivity index (χ2v) is 6.47. The molecular weight excluding hydrogens is 380 g/mol. The first kappa shape index (κ1) is 18.1. The number of nitrogens with zero attached hydrogens (tertiary/aromatic N) is 1. The zero-order valence-electron chi connectivity index (χ0n) is 15.1. The monoisotopic (exact) mass is 396 g/mol. The van der Waals surface area contributed by atoms with Gasteiger partial charge in [-0.25, -0.2) is 0 Å². The molecule has 3 aromatic rings. The number of carbonyl (C=O) groups is 1. The van der Waals surface area contributed by atoms with E-state index in [0.29, 0.717) is 58.0 Å². The number of methoxy groups -OCH3 is 1. The van der Waals surface area contributed by atoms with Crippen molar-refractivity contribution in [3.05, 3.63) is 65.3 Å². The number of hydrogen-bond donors (Lipinski definition) is 1. The molecule has 1 amide bonds. The van der Waals surface area contributed by atoms with Crippen molar-refractivity contribution in [2.24, 2.45) is 0 Å². The van der Waals surface area contributed by atoms with Gasteiger partial charge in [0.25, 0.3) is 5.91 Å². The van der Waals surface area contributed by atoms with E-state index in [9.17, 15) is 4.79 Å². The van der Waals surface area contributed by atoms with Crippen LogP contribution in [0.25, 0.3) is 11.3 Å². The summed E-state index contributed by atoms with van der Waals surface area (Å²) in [5.41, 5.74) is 2.37. The van der Waals surface area contributed by atoms with Crippen molar-refractivity contribution in [1.29, 1.82) is 0 Å². The average Bonchev–Trinajstić information content (AvgIpc) is 2.73. The summed E-state index contributed by atoms with van der Waals surface area (Å²) in [6, 6.07) is 13.9. The van der Waals surface area contributed by atoms with Gasteiger partial charge in [-0.05, 0) is 42.5 Å². The van der Waals surface area contributed by atoms with Crippen LogP contribution in [0.3, 0.4) is 0 Å². The lowest BCUT2D eigenvalue weighted by Crippen LogP contribution is -2.16. The van der Waals surface area contributed by atoms with Crippen molar-refractivity contribution in [3.8, 4) is 28.5 Å². The highest BCUT2D eigenvalue weighted by Crippen LogP contribution is 2.35. The normalized spacial score (nSPS) is 12.4. The Hall–Kier alpha value is -3.25. The first-order chi connectivity index (χ1) is 13.7. The van der Waals surface area contributed by atoms with Gasteiger partial charge in [-0.2, -0.15) is 0 Å². The molecule has 1 aliphatic heterocycles. The van der Waals surface area contributed by atoms with Crippen LogP contribution in [0.5, 0.6) is 17.2 Å². The van der Waals surface area contributed by atoms with Gasteiger partial charge < -0.3 is 19.5 Å². The average molecular weight is 397 g/mol. The third kappa shape index (κ3) is 3.59. The highest BCUT2D eigenvalue weighted by molar-refractivity contribution is 6.33. The lowest BCUT2D eigenvalue weighted by atomic mass is 10.1. The second kappa shape index (κ2) is 7.78. The molecular formula is C21H17ClN2O4. The van der Waals surface area contributed by atoms with Crippen molar-refractivity contribution in [3.63, 3.8) is 0 Å². The maximum absolute atomic E-state index is 12.7. The Morgan fingerprint density at radius 3 is 2.71 bits per heavy atom.